The van der Waals surface area contributed by atoms with E-state index in [9.17, 15) is 18.5 Å². The first kappa shape index (κ1) is 17.2. The Bertz CT molecular complexity index is 871. The molecule has 0 saturated heterocycles. The number of aryl methyl sites for hydroxylation is 3. The Hall–Kier alpha value is -2.12. The smallest absolute Gasteiger partial charge is 0.271 e. The van der Waals surface area contributed by atoms with E-state index < -0.39 is 14.9 Å². The third kappa shape index (κ3) is 3.62. The quantitative estimate of drug-likeness (QED) is 0.664. The molecule has 0 aliphatic rings. The van der Waals surface area contributed by atoms with E-state index in [1.54, 1.807) is 26.0 Å². The highest BCUT2D eigenvalue weighted by molar-refractivity contribution is 7.92. The molecule has 23 heavy (non-hydrogen) atoms. The largest absolute Gasteiger partial charge is 0.278 e. The summed E-state index contributed by atoms with van der Waals surface area (Å²) in [6, 6.07) is 7.11. The molecule has 6 nitrogen and oxygen atoms in total. The van der Waals surface area contributed by atoms with E-state index >= 15 is 0 Å². The summed E-state index contributed by atoms with van der Waals surface area (Å²) in [4.78, 5) is 10.4. The Balaban J connectivity index is 2.52. The number of nitrogens with zero attached hydrogens (tertiary/aromatic N) is 1. The maximum atomic E-state index is 12.6. The zero-order valence-electron chi connectivity index (χ0n) is 12.8. The van der Waals surface area contributed by atoms with Crippen molar-refractivity contribution in [3.8, 4) is 0 Å². The van der Waals surface area contributed by atoms with Crippen molar-refractivity contribution in [1.82, 2.24) is 0 Å². The van der Waals surface area contributed by atoms with Gasteiger partial charge >= 0.3 is 0 Å². The van der Waals surface area contributed by atoms with Gasteiger partial charge in [-0.3, -0.25) is 14.8 Å². The molecule has 0 heterocycles. The Morgan fingerprint density at radius 2 is 1.65 bits per heavy atom. The number of hydrogen-bond acceptors (Lipinski definition) is 4. The van der Waals surface area contributed by atoms with Crippen molar-refractivity contribution in [1.29, 1.82) is 0 Å². The summed E-state index contributed by atoms with van der Waals surface area (Å²) in [7, 11) is -3.91. The molecule has 0 spiro atoms. The lowest BCUT2D eigenvalue weighted by Gasteiger charge is -2.14. The Morgan fingerprint density at radius 3 is 2.17 bits per heavy atom. The van der Waals surface area contributed by atoms with Crippen LogP contribution in [0.3, 0.4) is 0 Å². The number of benzene rings is 2. The standard InChI is InChI=1S/C15H15ClN2O4S/c1-9-6-10(2)15(11(3)7-9)23(21,22)17-14-8-12(18(19)20)4-5-13(14)16/h4-8,17H,1-3H3. The van der Waals surface area contributed by atoms with Gasteiger partial charge in [0.05, 0.1) is 20.5 Å². The van der Waals surface area contributed by atoms with Gasteiger partial charge in [-0.25, -0.2) is 8.42 Å². The molecule has 0 radical (unpaired) electrons. The highest BCUT2D eigenvalue weighted by Crippen LogP contribution is 2.30. The fraction of sp³-hybridized carbons (Fsp3) is 0.200. The van der Waals surface area contributed by atoms with Crippen LogP contribution in [-0.2, 0) is 10.0 Å². The predicted octanol–water partition coefficient (Wildman–Crippen LogP) is 3.97. The Kier molecular flexibility index (Phi) is 4.63. The predicted molar refractivity (Wildman–Crippen MR) is 89.6 cm³/mol. The summed E-state index contributed by atoms with van der Waals surface area (Å²) in [6.07, 6.45) is 0. The van der Waals surface area contributed by atoms with Crippen LogP contribution in [0.15, 0.2) is 35.2 Å². The fourth-order valence-electron chi connectivity index (χ4n) is 2.49. The van der Waals surface area contributed by atoms with Crippen LogP contribution in [0.5, 0.6) is 0 Å². The van der Waals surface area contributed by atoms with Crippen LogP contribution in [-0.4, -0.2) is 13.3 Å². The van der Waals surface area contributed by atoms with Crippen molar-refractivity contribution in [3.05, 3.63) is 62.2 Å². The lowest BCUT2D eigenvalue weighted by Crippen LogP contribution is -2.16. The number of anilines is 1. The molecule has 2 rings (SSSR count). The monoisotopic (exact) mass is 354 g/mol. The van der Waals surface area contributed by atoms with Crippen LogP contribution < -0.4 is 4.72 Å². The molecule has 122 valence electrons. The summed E-state index contributed by atoms with van der Waals surface area (Å²) in [5.41, 5.74) is 1.87. The van der Waals surface area contributed by atoms with Gasteiger partial charge in [-0.2, -0.15) is 0 Å². The Morgan fingerprint density at radius 1 is 1.09 bits per heavy atom. The van der Waals surface area contributed by atoms with Crippen LogP contribution in [0.4, 0.5) is 11.4 Å². The molecule has 0 amide bonds. The average Bonchev–Trinajstić information content (AvgIpc) is 2.39. The lowest BCUT2D eigenvalue weighted by atomic mass is 10.1. The van der Waals surface area contributed by atoms with Crippen LogP contribution in [0.1, 0.15) is 16.7 Å². The van der Waals surface area contributed by atoms with Gasteiger partial charge in [-0.15, -0.1) is 0 Å². The number of hydrogen-bond donors (Lipinski definition) is 1. The van der Waals surface area contributed by atoms with E-state index in [0.29, 0.717) is 11.1 Å². The van der Waals surface area contributed by atoms with Gasteiger partial charge < -0.3 is 0 Å². The summed E-state index contributed by atoms with van der Waals surface area (Å²) in [5.74, 6) is 0. The number of nitrogens with one attached hydrogen (secondary N) is 1. The van der Waals surface area contributed by atoms with E-state index in [4.69, 9.17) is 11.6 Å². The van der Waals surface area contributed by atoms with Crippen molar-refractivity contribution >= 4 is 33.0 Å². The minimum absolute atomic E-state index is 0.0276. The van der Waals surface area contributed by atoms with E-state index in [2.05, 4.69) is 4.72 Å². The fourth-order valence-corrected chi connectivity index (χ4v) is 4.24. The van der Waals surface area contributed by atoms with Gasteiger partial charge in [0.2, 0.25) is 0 Å². The second-order valence-electron chi connectivity index (χ2n) is 5.25. The van der Waals surface area contributed by atoms with Gasteiger partial charge in [-0.1, -0.05) is 29.3 Å². The molecule has 0 aliphatic carbocycles. The lowest BCUT2D eigenvalue weighted by molar-refractivity contribution is -0.384. The number of halogens is 1. The second kappa shape index (κ2) is 6.17. The van der Waals surface area contributed by atoms with Gasteiger partial charge in [0.1, 0.15) is 0 Å². The molecule has 2 aromatic carbocycles. The van der Waals surface area contributed by atoms with E-state index in [1.807, 2.05) is 6.92 Å². The topological polar surface area (TPSA) is 89.3 Å². The molecule has 2 aromatic rings. The van der Waals surface area contributed by atoms with Crippen molar-refractivity contribution in [2.45, 2.75) is 25.7 Å². The summed E-state index contributed by atoms with van der Waals surface area (Å²) < 4.78 is 27.6. The van der Waals surface area contributed by atoms with Crippen molar-refractivity contribution in [3.63, 3.8) is 0 Å². The molecule has 0 saturated carbocycles. The van der Waals surface area contributed by atoms with Gasteiger partial charge in [0, 0.05) is 12.1 Å². The highest BCUT2D eigenvalue weighted by Gasteiger charge is 2.22. The first-order chi connectivity index (χ1) is 10.6. The molecular weight excluding hydrogens is 340 g/mol. The van der Waals surface area contributed by atoms with Gasteiger partial charge in [0.15, 0.2) is 0 Å². The first-order valence-electron chi connectivity index (χ1n) is 6.66. The zero-order valence-corrected chi connectivity index (χ0v) is 14.3. The van der Waals surface area contributed by atoms with Crippen LogP contribution in [0, 0.1) is 30.9 Å². The van der Waals surface area contributed by atoms with Crippen LogP contribution >= 0.6 is 11.6 Å². The molecule has 0 aromatic heterocycles. The van der Waals surface area contributed by atoms with Crippen molar-refractivity contribution < 1.29 is 13.3 Å². The maximum Gasteiger partial charge on any atom is 0.271 e. The summed E-state index contributed by atoms with van der Waals surface area (Å²) >= 11 is 5.95. The average molecular weight is 355 g/mol. The summed E-state index contributed by atoms with van der Waals surface area (Å²) in [5, 5.41) is 10.9. The van der Waals surface area contributed by atoms with Crippen LogP contribution in [0.25, 0.3) is 0 Å². The SMILES string of the molecule is Cc1cc(C)c(S(=O)(=O)Nc2cc([N+](=O)[O-])ccc2Cl)c(C)c1. The first-order valence-corrected chi connectivity index (χ1v) is 8.52. The molecule has 0 atom stereocenters. The van der Waals surface area contributed by atoms with E-state index in [1.165, 1.54) is 12.1 Å². The number of rotatable bonds is 4. The summed E-state index contributed by atoms with van der Waals surface area (Å²) in [6.45, 7) is 5.27. The van der Waals surface area contributed by atoms with Gasteiger partial charge in [-0.05, 0) is 38.0 Å². The van der Waals surface area contributed by atoms with Crippen molar-refractivity contribution in [2.24, 2.45) is 0 Å². The van der Waals surface area contributed by atoms with Crippen molar-refractivity contribution in [2.75, 3.05) is 4.72 Å². The molecular formula is C15H15ClN2O4S. The second-order valence-corrected chi connectivity index (χ2v) is 7.28. The highest BCUT2D eigenvalue weighted by atomic mass is 35.5. The number of non-ortho nitro benzene ring substituents is 1. The van der Waals surface area contributed by atoms with Crippen LogP contribution in [0.2, 0.25) is 5.02 Å². The molecule has 0 aliphatic heterocycles. The molecule has 1 N–H and O–H groups in total. The maximum absolute atomic E-state index is 12.6. The zero-order chi connectivity index (χ0) is 17.4. The molecule has 0 fully saturated rings. The third-order valence-corrected chi connectivity index (χ3v) is 5.28. The third-order valence-electron chi connectivity index (χ3n) is 3.28. The normalized spacial score (nSPS) is 11.3. The minimum Gasteiger partial charge on any atom is -0.278 e. The van der Waals surface area contributed by atoms with E-state index in [0.717, 1.165) is 11.6 Å². The van der Waals surface area contributed by atoms with Gasteiger partial charge in [0.25, 0.3) is 15.7 Å². The van der Waals surface area contributed by atoms with E-state index in [-0.39, 0.29) is 21.3 Å². The number of nitro benzene ring substituents is 1. The number of sulfonamides is 1. The number of nitro groups is 1. The molecule has 8 heteroatoms. The Labute approximate surface area is 139 Å². The molecule has 0 unspecified atom stereocenters. The molecule has 0 bridgehead atoms. The minimum atomic E-state index is -3.91.